The van der Waals surface area contributed by atoms with E-state index in [0.717, 1.165) is 0 Å². The zero-order valence-corrected chi connectivity index (χ0v) is 12.3. The molecule has 0 unspecified atom stereocenters. The number of rotatable bonds is 6. The van der Waals surface area contributed by atoms with Crippen molar-refractivity contribution in [2.75, 3.05) is 13.2 Å². The molecule has 6 nitrogen and oxygen atoms in total. The number of aromatic nitrogens is 1. The van der Waals surface area contributed by atoms with Gasteiger partial charge in [-0.25, -0.2) is 4.79 Å². The quantitative estimate of drug-likeness (QED) is 0.868. The molecule has 0 radical (unpaired) electrons. The van der Waals surface area contributed by atoms with Crippen LogP contribution >= 0.6 is 0 Å². The van der Waals surface area contributed by atoms with Crippen LogP contribution in [0.25, 0.3) is 11.1 Å². The summed E-state index contributed by atoms with van der Waals surface area (Å²) in [6.45, 7) is 4.26. The largest absolute Gasteiger partial charge is 0.420 e. The number of hydrogen-bond acceptors (Lipinski definition) is 4. The van der Waals surface area contributed by atoms with Crippen molar-refractivity contribution in [2.24, 2.45) is 0 Å². The number of oxazole rings is 1. The molecule has 114 valence electrons. The molecule has 0 fully saturated rings. The Kier molecular flexibility index (Phi) is 4.80. The Morgan fingerprint density at radius 2 is 2.10 bits per heavy atom. The molecule has 1 N–H and O–H groups in total. The molecule has 0 spiro atoms. The zero-order valence-electron chi connectivity index (χ0n) is 12.3. The number of nitrogens with zero attached hydrogens (tertiary/aromatic N) is 2. The van der Waals surface area contributed by atoms with Crippen LogP contribution in [0.4, 0.5) is 0 Å². The summed E-state index contributed by atoms with van der Waals surface area (Å²) in [5, 5.41) is 8.91. The Labute approximate surface area is 122 Å². The molecule has 0 bridgehead atoms. The van der Waals surface area contributed by atoms with Gasteiger partial charge in [-0.3, -0.25) is 9.36 Å². The van der Waals surface area contributed by atoms with E-state index in [9.17, 15) is 9.59 Å². The smallest absolute Gasteiger partial charge is 0.408 e. The predicted molar refractivity (Wildman–Crippen MR) is 79.0 cm³/mol. The zero-order chi connectivity index (χ0) is 15.4. The summed E-state index contributed by atoms with van der Waals surface area (Å²) in [5.74, 6) is -0.692. The first kappa shape index (κ1) is 15.3. The van der Waals surface area contributed by atoms with E-state index in [0.29, 0.717) is 24.1 Å². The van der Waals surface area contributed by atoms with Crippen molar-refractivity contribution in [3.05, 3.63) is 34.8 Å². The first-order valence-electron chi connectivity index (χ1n) is 7.03. The number of aliphatic hydroxyl groups is 1. The highest BCUT2D eigenvalue weighted by molar-refractivity contribution is 5.79. The lowest BCUT2D eigenvalue weighted by Crippen LogP contribution is -2.41. The number of benzene rings is 1. The molecular weight excluding hydrogens is 272 g/mol. The molecular formula is C15H20N2O4. The van der Waals surface area contributed by atoms with E-state index >= 15 is 0 Å². The molecule has 0 aliphatic carbocycles. The maximum Gasteiger partial charge on any atom is 0.420 e. The minimum absolute atomic E-state index is 0.0120. The van der Waals surface area contributed by atoms with Crippen LogP contribution in [0.3, 0.4) is 0 Å². The first-order chi connectivity index (χ1) is 10.0. The Hall–Kier alpha value is -2.08. The third-order valence-electron chi connectivity index (χ3n) is 3.37. The summed E-state index contributed by atoms with van der Waals surface area (Å²) in [5.41, 5.74) is 1.09. The standard InChI is InChI=1S/C15H20N2O4/c1-11(2)16(8-5-9-18)14(19)10-17-12-6-3-4-7-13(12)21-15(17)20/h3-4,6-7,11,18H,5,8-10H2,1-2H3. The second-order valence-electron chi connectivity index (χ2n) is 5.18. The highest BCUT2D eigenvalue weighted by atomic mass is 16.4. The fraction of sp³-hybridized carbons (Fsp3) is 0.467. The van der Waals surface area contributed by atoms with Crippen LogP contribution in [0, 0.1) is 0 Å². The lowest BCUT2D eigenvalue weighted by Gasteiger charge is -2.26. The molecule has 1 aromatic carbocycles. The molecule has 0 aliphatic heterocycles. The molecule has 2 aromatic rings. The molecule has 1 aromatic heterocycles. The normalized spacial score (nSPS) is 11.2. The Morgan fingerprint density at radius 3 is 2.76 bits per heavy atom. The lowest BCUT2D eigenvalue weighted by atomic mass is 10.2. The minimum Gasteiger partial charge on any atom is -0.408 e. The molecule has 0 atom stereocenters. The Balaban J connectivity index is 2.24. The fourth-order valence-electron chi connectivity index (χ4n) is 2.30. The van der Waals surface area contributed by atoms with Gasteiger partial charge >= 0.3 is 5.76 Å². The number of aliphatic hydroxyl groups excluding tert-OH is 1. The molecule has 0 saturated heterocycles. The van der Waals surface area contributed by atoms with Crippen molar-refractivity contribution < 1.29 is 14.3 Å². The van der Waals surface area contributed by atoms with Crippen LogP contribution in [0.2, 0.25) is 0 Å². The highest BCUT2D eigenvalue weighted by Crippen LogP contribution is 2.12. The minimum atomic E-state index is -0.532. The van der Waals surface area contributed by atoms with Crippen molar-refractivity contribution in [3.63, 3.8) is 0 Å². The monoisotopic (exact) mass is 292 g/mol. The van der Waals surface area contributed by atoms with Crippen molar-refractivity contribution in [1.82, 2.24) is 9.47 Å². The summed E-state index contributed by atoms with van der Waals surface area (Å²) >= 11 is 0. The summed E-state index contributed by atoms with van der Waals surface area (Å²) in [6.07, 6.45) is 0.519. The maximum absolute atomic E-state index is 12.4. The van der Waals surface area contributed by atoms with Crippen LogP contribution in [0.1, 0.15) is 20.3 Å². The predicted octanol–water partition coefficient (Wildman–Crippen LogP) is 1.21. The average molecular weight is 292 g/mol. The average Bonchev–Trinajstić information content (AvgIpc) is 2.75. The second kappa shape index (κ2) is 6.58. The van der Waals surface area contributed by atoms with Gasteiger partial charge in [-0.1, -0.05) is 12.1 Å². The number of hydrogen-bond donors (Lipinski definition) is 1. The summed E-state index contributed by atoms with van der Waals surface area (Å²) in [6, 6.07) is 7.03. The Morgan fingerprint density at radius 1 is 1.38 bits per heavy atom. The van der Waals surface area contributed by atoms with Gasteiger partial charge in [-0.2, -0.15) is 0 Å². The summed E-state index contributed by atoms with van der Waals surface area (Å²) < 4.78 is 6.46. The molecule has 21 heavy (non-hydrogen) atoms. The van der Waals surface area contributed by atoms with E-state index in [1.165, 1.54) is 4.57 Å². The van der Waals surface area contributed by atoms with Crippen LogP contribution in [0.15, 0.2) is 33.5 Å². The topological polar surface area (TPSA) is 75.7 Å². The summed E-state index contributed by atoms with van der Waals surface area (Å²) in [4.78, 5) is 25.9. The number of amides is 1. The molecule has 2 rings (SSSR count). The molecule has 1 heterocycles. The van der Waals surface area contributed by atoms with Crippen molar-refractivity contribution in [2.45, 2.75) is 32.9 Å². The number of carbonyl (C=O) groups excluding carboxylic acids is 1. The van der Waals surface area contributed by atoms with Gasteiger partial charge in [0.15, 0.2) is 5.58 Å². The maximum atomic E-state index is 12.4. The van der Waals surface area contributed by atoms with Crippen molar-refractivity contribution in [1.29, 1.82) is 0 Å². The second-order valence-corrected chi connectivity index (χ2v) is 5.18. The van der Waals surface area contributed by atoms with Crippen molar-refractivity contribution >= 4 is 17.0 Å². The van der Waals surface area contributed by atoms with Gasteiger partial charge in [-0.05, 0) is 32.4 Å². The van der Waals surface area contributed by atoms with Gasteiger partial charge < -0.3 is 14.4 Å². The third kappa shape index (κ3) is 3.33. The van der Waals surface area contributed by atoms with Crippen LogP contribution < -0.4 is 5.76 Å². The number of para-hydroxylation sites is 2. The van der Waals surface area contributed by atoms with Crippen LogP contribution in [-0.2, 0) is 11.3 Å². The van der Waals surface area contributed by atoms with Gasteiger partial charge in [-0.15, -0.1) is 0 Å². The van der Waals surface area contributed by atoms with Gasteiger partial charge in [0.2, 0.25) is 5.91 Å². The van der Waals surface area contributed by atoms with Crippen molar-refractivity contribution in [3.8, 4) is 0 Å². The van der Waals surface area contributed by atoms with Gasteiger partial charge in [0.05, 0.1) is 5.52 Å². The van der Waals surface area contributed by atoms with Crippen LogP contribution in [-0.4, -0.2) is 39.7 Å². The first-order valence-corrected chi connectivity index (χ1v) is 7.03. The van der Waals surface area contributed by atoms with Gasteiger partial charge in [0.25, 0.3) is 0 Å². The van der Waals surface area contributed by atoms with E-state index in [1.807, 2.05) is 13.8 Å². The van der Waals surface area contributed by atoms with E-state index in [1.54, 1.807) is 29.2 Å². The van der Waals surface area contributed by atoms with E-state index in [4.69, 9.17) is 9.52 Å². The fourth-order valence-corrected chi connectivity index (χ4v) is 2.30. The highest BCUT2D eigenvalue weighted by Gasteiger charge is 2.19. The molecule has 0 saturated carbocycles. The molecule has 1 amide bonds. The van der Waals surface area contributed by atoms with Crippen LogP contribution in [0.5, 0.6) is 0 Å². The number of carbonyl (C=O) groups is 1. The lowest BCUT2D eigenvalue weighted by molar-refractivity contribution is -0.133. The molecule has 0 aliphatic rings. The summed E-state index contributed by atoms with van der Waals surface area (Å²) in [7, 11) is 0. The SMILES string of the molecule is CC(C)N(CCCO)C(=O)Cn1c(=O)oc2ccccc21. The van der Waals surface area contributed by atoms with Gasteiger partial charge in [0.1, 0.15) is 6.54 Å². The van der Waals surface area contributed by atoms with E-state index in [2.05, 4.69) is 0 Å². The molecule has 6 heteroatoms. The van der Waals surface area contributed by atoms with E-state index < -0.39 is 5.76 Å². The number of fused-ring (bicyclic) bond motifs is 1. The van der Waals surface area contributed by atoms with Gasteiger partial charge in [0, 0.05) is 19.2 Å². The third-order valence-corrected chi connectivity index (χ3v) is 3.37. The van der Waals surface area contributed by atoms with E-state index in [-0.39, 0.29) is 25.1 Å². The Bertz CT molecular complexity index is 672.